The van der Waals surface area contributed by atoms with Crippen LogP contribution in [0.3, 0.4) is 0 Å². The van der Waals surface area contributed by atoms with Crippen LogP contribution in [-0.4, -0.2) is 20.2 Å². The maximum Gasteiger partial charge on any atom is 0.261 e. The third-order valence-corrected chi connectivity index (χ3v) is 6.19. The van der Waals surface area contributed by atoms with Gasteiger partial charge in [0, 0.05) is 13.0 Å². The van der Waals surface area contributed by atoms with Crippen LogP contribution >= 0.6 is 11.6 Å². The lowest BCUT2D eigenvalue weighted by Crippen LogP contribution is -2.13. The van der Waals surface area contributed by atoms with Gasteiger partial charge < -0.3 is 10.6 Å². The Bertz CT molecular complexity index is 1320. The molecule has 0 heterocycles. The molecule has 9 heteroatoms. The van der Waals surface area contributed by atoms with Crippen molar-refractivity contribution in [3.05, 3.63) is 89.0 Å². The van der Waals surface area contributed by atoms with E-state index in [2.05, 4.69) is 15.4 Å². The Labute approximate surface area is 197 Å². The summed E-state index contributed by atoms with van der Waals surface area (Å²) >= 11 is 6.02. The molecule has 3 aromatic rings. The van der Waals surface area contributed by atoms with E-state index in [1.54, 1.807) is 54.6 Å². The lowest BCUT2D eigenvalue weighted by molar-refractivity contribution is -0.114. The van der Waals surface area contributed by atoms with Crippen LogP contribution in [0.25, 0.3) is 6.08 Å². The number of benzene rings is 3. The number of nitrogens with one attached hydrogen (secondary N) is 3. The molecule has 170 valence electrons. The minimum Gasteiger partial charge on any atom is -0.325 e. The number of carbonyl (C=O) groups is 2. The van der Waals surface area contributed by atoms with Crippen LogP contribution in [0, 0.1) is 6.92 Å². The highest BCUT2D eigenvalue weighted by Gasteiger charge is 2.15. The molecule has 2 amide bonds. The number of halogens is 1. The van der Waals surface area contributed by atoms with Crippen molar-refractivity contribution < 1.29 is 18.0 Å². The fraction of sp³-hybridized carbons (Fsp3) is 0.0833. The zero-order valence-corrected chi connectivity index (χ0v) is 19.5. The number of hydrogen-bond donors (Lipinski definition) is 3. The van der Waals surface area contributed by atoms with Crippen molar-refractivity contribution in [1.29, 1.82) is 0 Å². The number of carbonyl (C=O) groups excluding carboxylic acids is 2. The summed E-state index contributed by atoms with van der Waals surface area (Å²) < 4.78 is 27.6. The predicted octanol–water partition coefficient (Wildman–Crippen LogP) is 5.06. The summed E-state index contributed by atoms with van der Waals surface area (Å²) in [4.78, 5) is 23.8. The predicted molar refractivity (Wildman–Crippen MR) is 132 cm³/mol. The minimum absolute atomic E-state index is 0.0590. The second-order valence-electron chi connectivity index (χ2n) is 7.21. The number of para-hydroxylation sites is 1. The first-order valence-corrected chi connectivity index (χ1v) is 11.7. The monoisotopic (exact) mass is 483 g/mol. The second-order valence-corrected chi connectivity index (χ2v) is 9.30. The maximum atomic E-state index is 12.6. The molecule has 0 saturated carbocycles. The molecule has 7 nitrogen and oxygen atoms in total. The zero-order chi connectivity index (χ0) is 24.0. The smallest absolute Gasteiger partial charge is 0.261 e. The van der Waals surface area contributed by atoms with Crippen molar-refractivity contribution in [2.75, 3.05) is 15.4 Å². The Morgan fingerprint density at radius 2 is 1.58 bits per heavy atom. The standard InChI is InChI=1S/C24H22ClN3O4S/c1-16-7-13-22(26-17(2)29)23(15-16)27-24(30)14-10-18-8-11-19(12-9-18)33(31,32)28-21-6-4-3-5-20(21)25/h3-15,28H,1-2H3,(H,26,29)(H,27,30)/b14-10+. The van der Waals surface area contributed by atoms with Gasteiger partial charge in [0.15, 0.2) is 0 Å². The first kappa shape index (κ1) is 24.0. The SMILES string of the molecule is CC(=O)Nc1ccc(C)cc1NC(=O)/C=C/c1ccc(S(=O)(=O)Nc2ccccc2Cl)cc1. The average molecular weight is 484 g/mol. The van der Waals surface area contributed by atoms with Gasteiger partial charge in [0.1, 0.15) is 0 Å². The summed E-state index contributed by atoms with van der Waals surface area (Å²) in [6, 6.07) is 17.9. The van der Waals surface area contributed by atoms with Gasteiger partial charge in [-0.15, -0.1) is 0 Å². The summed E-state index contributed by atoms with van der Waals surface area (Å²) in [6.07, 6.45) is 2.88. The molecule has 0 bridgehead atoms. The third-order valence-electron chi connectivity index (χ3n) is 4.48. The number of amides is 2. The van der Waals surface area contributed by atoms with Gasteiger partial charge >= 0.3 is 0 Å². The number of anilines is 3. The quantitative estimate of drug-likeness (QED) is 0.408. The van der Waals surface area contributed by atoms with Crippen LogP contribution in [0.15, 0.2) is 77.7 Å². The molecular weight excluding hydrogens is 462 g/mol. The van der Waals surface area contributed by atoms with E-state index < -0.39 is 15.9 Å². The topological polar surface area (TPSA) is 104 Å². The van der Waals surface area contributed by atoms with Gasteiger partial charge in [-0.1, -0.05) is 41.9 Å². The molecule has 3 N–H and O–H groups in total. The van der Waals surface area contributed by atoms with Gasteiger partial charge in [-0.2, -0.15) is 0 Å². The van der Waals surface area contributed by atoms with E-state index in [-0.39, 0.29) is 16.5 Å². The Hall–Kier alpha value is -3.62. The first-order chi connectivity index (χ1) is 15.6. The van der Waals surface area contributed by atoms with Crippen molar-refractivity contribution in [2.45, 2.75) is 18.7 Å². The molecule has 0 fully saturated rings. The van der Waals surface area contributed by atoms with E-state index in [0.717, 1.165) is 5.56 Å². The van der Waals surface area contributed by atoms with Crippen LogP contribution in [0.5, 0.6) is 0 Å². The minimum atomic E-state index is -3.82. The lowest BCUT2D eigenvalue weighted by atomic mass is 10.2. The summed E-state index contributed by atoms with van der Waals surface area (Å²) in [6.45, 7) is 3.26. The van der Waals surface area contributed by atoms with Crippen molar-refractivity contribution >= 4 is 56.6 Å². The van der Waals surface area contributed by atoms with Crippen LogP contribution in [0.1, 0.15) is 18.1 Å². The van der Waals surface area contributed by atoms with E-state index >= 15 is 0 Å². The molecule has 0 aliphatic rings. The number of hydrogen-bond acceptors (Lipinski definition) is 4. The molecule has 0 saturated heterocycles. The molecule has 3 aromatic carbocycles. The summed E-state index contributed by atoms with van der Waals surface area (Å²) in [5, 5.41) is 5.70. The fourth-order valence-corrected chi connectivity index (χ4v) is 4.23. The van der Waals surface area contributed by atoms with Crippen molar-refractivity contribution in [3.8, 4) is 0 Å². The largest absolute Gasteiger partial charge is 0.325 e. The normalized spacial score (nSPS) is 11.2. The highest BCUT2D eigenvalue weighted by molar-refractivity contribution is 7.92. The molecule has 0 aliphatic heterocycles. The van der Waals surface area contributed by atoms with Gasteiger partial charge in [0.2, 0.25) is 11.8 Å². The summed E-state index contributed by atoms with van der Waals surface area (Å²) in [5.74, 6) is -0.645. The van der Waals surface area contributed by atoms with Gasteiger partial charge in [0.25, 0.3) is 10.0 Å². The summed E-state index contributed by atoms with van der Waals surface area (Å²) in [5.41, 5.74) is 2.82. The van der Waals surface area contributed by atoms with Gasteiger partial charge in [-0.05, 0) is 60.5 Å². The molecule has 33 heavy (non-hydrogen) atoms. The Morgan fingerprint density at radius 1 is 0.879 bits per heavy atom. The van der Waals surface area contributed by atoms with Gasteiger partial charge in [-0.25, -0.2) is 8.42 Å². The molecule has 0 aromatic heterocycles. The molecule has 0 atom stereocenters. The zero-order valence-electron chi connectivity index (χ0n) is 17.9. The number of aryl methyl sites for hydroxylation is 1. The Kier molecular flexibility index (Phi) is 7.52. The molecule has 0 unspecified atom stereocenters. The van der Waals surface area contributed by atoms with Crippen LogP contribution in [0.4, 0.5) is 17.1 Å². The average Bonchev–Trinajstić information content (AvgIpc) is 2.76. The molecular formula is C24H22ClN3O4S. The number of rotatable bonds is 7. The summed E-state index contributed by atoms with van der Waals surface area (Å²) in [7, 11) is -3.82. The van der Waals surface area contributed by atoms with Crippen LogP contribution in [0.2, 0.25) is 5.02 Å². The van der Waals surface area contributed by atoms with Crippen LogP contribution in [-0.2, 0) is 19.6 Å². The van der Waals surface area contributed by atoms with Crippen molar-refractivity contribution in [1.82, 2.24) is 0 Å². The van der Waals surface area contributed by atoms with Crippen molar-refractivity contribution in [3.63, 3.8) is 0 Å². The maximum absolute atomic E-state index is 12.6. The van der Waals surface area contributed by atoms with E-state index in [1.165, 1.54) is 25.1 Å². The molecule has 0 spiro atoms. The molecule has 0 aliphatic carbocycles. The van der Waals surface area contributed by atoms with E-state index in [1.807, 2.05) is 13.0 Å². The van der Waals surface area contributed by atoms with Crippen LogP contribution < -0.4 is 15.4 Å². The first-order valence-electron chi connectivity index (χ1n) is 9.89. The highest BCUT2D eigenvalue weighted by Crippen LogP contribution is 2.25. The lowest BCUT2D eigenvalue weighted by Gasteiger charge is -2.11. The second kappa shape index (κ2) is 10.3. The highest BCUT2D eigenvalue weighted by atomic mass is 35.5. The Balaban J connectivity index is 1.69. The van der Waals surface area contributed by atoms with Gasteiger partial charge in [0.05, 0.1) is 27.0 Å². The van der Waals surface area contributed by atoms with Gasteiger partial charge in [-0.3, -0.25) is 14.3 Å². The molecule has 3 rings (SSSR count). The third kappa shape index (κ3) is 6.68. The fourth-order valence-electron chi connectivity index (χ4n) is 2.91. The van der Waals surface area contributed by atoms with E-state index in [0.29, 0.717) is 22.0 Å². The van der Waals surface area contributed by atoms with Crippen molar-refractivity contribution in [2.24, 2.45) is 0 Å². The Morgan fingerprint density at radius 3 is 2.24 bits per heavy atom. The van der Waals surface area contributed by atoms with E-state index in [9.17, 15) is 18.0 Å². The van der Waals surface area contributed by atoms with E-state index in [4.69, 9.17) is 11.6 Å². The number of sulfonamides is 1. The molecule has 0 radical (unpaired) electrons.